The number of benzene rings is 1. The molecule has 1 saturated heterocycles. The van der Waals surface area contributed by atoms with Crippen LogP contribution in [0.25, 0.3) is 6.08 Å². The van der Waals surface area contributed by atoms with Crippen molar-refractivity contribution in [3.63, 3.8) is 0 Å². The van der Waals surface area contributed by atoms with Gasteiger partial charge in [0.25, 0.3) is 0 Å². The molecule has 30 heavy (non-hydrogen) atoms. The zero-order chi connectivity index (χ0) is 21.1. The van der Waals surface area contributed by atoms with Crippen LogP contribution < -0.4 is 15.0 Å². The first-order valence-corrected chi connectivity index (χ1v) is 10.8. The SMILES string of the molecule is CC(C)(C)Oc1cccc(N2C[C@@H]3[C@@H](CCNC(=O)/C=C/c4cccnc4)[C@@H]3C2)c1. The minimum Gasteiger partial charge on any atom is -0.488 e. The molecule has 1 amide bonds. The van der Waals surface area contributed by atoms with Crippen LogP contribution in [0.5, 0.6) is 5.75 Å². The maximum absolute atomic E-state index is 12.0. The van der Waals surface area contributed by atoms with Gasteiger partial charge in [-0.3, -0.25) is 9.78 Å². The van der Waals surface area contributed by atoms with Gasteiger partial charge >= 0.3 is 0 Å². The number of anilines is 1. The van der Waals surface area contributed by atoms with Crippen molar-refractivity contribution in [1.29, 1.82) is 0 Å². The lowest BCUT2D eigenvalue weighted by atomic mass is 10.1. The predicted molar refractivity (Wildman–Crippen MR) is 120 cm³/mol. The molecule has 0 spiro atoms. The number of nitrogens with zero attached hydrogens (tertiary/aromatic N) is 2. The summed E-state index contributed by atoms with van der Waals surface area (Å²) in [6.45, 7) is 9.16. The van der Waals surface area contributed by atoms with E-state index in [-0.39, 0.29) is 11.5 Å². The van der Waals surface area contributed by atoms with Crippen LogP contribution in [0.3, 0.4) is 0 Å². The number of fused-ring (bicyclic) bond motifs is 1. The van der Waals surface area contributed by atoms with Crippen LogP contribution in [0.4, 0.5) is 5.69 Å². The van der Waals surface area contributed by atoms with Crippen LogP contribution in [0.2, 0.25) is 0 Å². The third-order valence-corrected chi connectivity index (χ3v) is 5.87. The van der Waals surface area contributed by atoms with E-state index in [9.17, 15) is 4.79 Å². The van der Waals surface area contributed by atoms with Gasteiger partial charge in [0.2, 0.25) is 5.91 Å². The van der Waals surface area contributed by atoms with Crippen molar-refractivity contribution in [2.24, 2.45) is 17.8 Å². The number of piperidine rings is 1. The average molecular weight is 406 g/mol. The van der Waals surface area contributed by atoms with E-state index in [1.807, 2.05) is 18.2 Å². The maximum Gasteiger partial charge on any atom is 0.244 e. The highest BCUT2D eigenvalue weighted by Crippen LogP contribution is 2.54. The zero-order valence-corrected chi connectivity index (χ0v) is 18.0. The normalized spacial score (nSPS) is 22.8. The number of pyridine rings is 1. The molecule has 0 bridgehead atoms. The molecule has 2 aromatic rings. The Morgan fingerprint density at radius 3 is 2.73 bits per heavy atom. The van der Waals surface area contributed by atoms with E-state index in [1.54, 1.807) is 24.5 Å². The van der Waals surface area contributed by atoms with E-state index < -0.39 is 0 Å². The third kappa shape index (κ3) is 5.21. The second-order valence-electron chi connectivity index (χ2n) is 9.31. The smallest absolute Gasteiger partial charge is 0.244 e. The first-order chi connectivity index (χ1) is 14.4. The molecule has 1 aromatic heterocycles. The fourth-order valence-electron chi connectivity index (χ4n) is 4.45. The van der Waals surface area contributed by atoms with Gasteiger partial charge in [-0.05, 0) is 74.8 Å². The Morgan fingerprint density at radius 2 is 2.03 bits per heavy atom. The summed E-state index contributed by atoms with van der Waals surface area (Å²) in [5.74, 6) is 3.12. The van der Waals surface area contributed by atoms with E-state index in [1.165, 1.54) is 5.69 Å². The van der Waals surface area contributed by atoms with E-state index in [0.29, 0.717) is 0 Å². The number of aromatic nitrogens is 1. The van der Waals surface area contributed by atoms with E-state index in [0.717, 1.165) is 55.1 Å². The number of carbonyl (C=O) groups is 1. The summed E-state index contributed by atoms with van der Waals surface area (Å²) in [5, 5.41) is 3.01. The van der Waals surface area contributed by atoms with Crippen molar-refractivity contribution in [3.05, 3.63) is 60.4 Å². The molecule has 1 N–H and O–H groups in total. The molecule has 2 heterocycles. The Labute approximate surface area is 179 Å². The standard InChI is InChI=1S/C25H31N3O2/c1-25(2,3)30-20-8-4-7-19(14-20)28-16-22-21(23(22)17-28)11-13-27-24(29)10-9-18-6-5-12-26-15-18/h4-10,12,14-15,21-23H,11,13,16-17H2,1-3H3,(H,27,29)/b10-9+/t21-,22-,23+. The van der Waals surface area contributed by atoms with Gasteiger partial charge in [0, 0.05) is 49.9 Å². The van der Waals surface area contributed by atoms with Gasteiger partial charge in [0.05, 0.1) is 0 Å². The number of hydrogen-bond donors (Lipinski definition) is 1. The van der Waals surface area contributed by atoms with Crippen LogP contribution >= 0.6 is 0 Å². The van der Waals surface area contributed by atoms with Gasteiger partial charge < -0.3 is 15.0 Å². The molecule has 158 valence electrons. The lowest BCUT2D eigenvalue weighted by Gasteiger charge is -2.25. The Morgan fingerprint density at radius 1 is 1.23 bits per heavy atom. The van der Waals surface area contributed by atoms with Crippen LogP contribution in [0, 0.1) is 17.8 Å². The number of rotatable bonds is 7. The minimum atomic E-state index is -0.186. The molecular weight excluding hydrogens is 374 g/mol. The van der Waals surface area contributed by atoms with E-state index in [4.69, 9.17) is 4.74 Å². The first kappa shape index (κ1) is 20.5. The molecular formula is C25H31N3O2. The Kier molecular flexibility index (Phi) is 5.80. The fraction of sp³-hybridized carbons (Fsp3) is 0.440. The summed E-state index contributed by atoms with van der Waals surface area (Å²) in [4.78, 5) is 18.5. The Hall–Kier alpha value is -2.82. The quantitative estimate of drug-likeness (QED) is 0.703. The summed E-state index contributed by atoms with van der Waals surface area (Å²) < 4.78 is 6.01. The molecule has 1 saturated carbocycles. The van der Waals surface area contributed by atoms with Crippen molar-refractivity contribution in [1.82, 2.24) is 10.3 Å². The number of ether oxygens (including phenoxy) is 1. The predicted octanol–water partition coefficient (Wildman–Crippen LogP) is 4.16. The van der Waals surface area contributed by atoms with Crippen LogP contribution in [-0.2, 0) is 4.79 Å². The number of hydrogen-bond acceptors (Lipinski definition) is 4. The second kappa shape index (κ2) is 8.50. The summed E-state index contributed by atoms with van der Waals surface area (Å²) in [6.07, 6.45) is 7.90. The molecule has 0 radical (unpaired) electrons. The van der Waals surface area contributed by atoms with Gasteiger partial charge in [0.15, 0.2) is 0 Å². The van der Waals surface area contributed by atoms with Crippen molar-refractivity contribution in [2.45, 2.75) is 32.8 Å². The van der Waals surface area contributed by atoms with Crippen molar-refractivity contribution >= 4 is 17.7 Å². The van der Waals surface area contributed by atoms with Crippen LogP contribution in [0.1, 0.15) is 32.8 Å². The topological polar surface area (TPSA) is 54.5 Å². The second-order valence-corrected chi connectivity index (χ2v) is 9.31. The molecule has 1 aliphatic heterocycles. The van der Waals surface area contributed by atoms with Gasteiger partial charge in [-0.25, -0.2) is 0 Å². The van der Waals surface area contributed by atoms with Crippen LogP contribution in [-0.4, -0.2) is 36.1 Å². The molecule has 0 unspecified atom stereocenters. The summed E-state index contributed by atoms with van der Waals surface area (Å²) >= 11 is 0. The monoisotopic (exact) mass is 405 g/mol. The first-order valence-electron chi connectivity index (χ1n) is 10.8. The van der Waals surface area contributed by atoms with Gasteiger partial charge in [-0.1, -0.05) is 12.1 Å². The van der Waals surface area contributed by atoms with E-state index in [2.05, 4.69) is 54.2 Å². The lowest BCUT2D eigenvalue weighted by molar-refractivity contribution is -0.116. The van der Waals surface area contributed by atoms with Gasteiger partial charge in [0.1, 0.15) is 11.4 Å². The summed E-state index contributed by atoms with van der Waals surface area (Å²) in [6, 6.07) is 12.2. The Bertz CT molecular complexity index is 892. The lowest BCUT2D eigenvalue weighted by Crippen LogP contribution is -2.27. The number of amides is 1. The average Bonchev–Trinajstić information content (AvgIpc) is 3.15. The molecule has 5 nitrogen and oxygen atoms in total. The fourth-order valence-corrected chi connectivity index (χ4v) is 4.45. The zero-order valence-electron chi connectivity index (χ0n) is 18.0. The number of nitrogens with one attached hydrogen (secondary N) is 1. The number of carbonyl (C=O) groups excluding carboxylic acids is 1. The van der Waals surface area contributed by atoms with Gasteiger partial charge in [-0.15, -0.1) is 0 Å². The highest BCUT2D eigenvalue weighted by Gasteiger charge is 2.54. The summed E-state index contributed by atoms with van der Waals surface area (Å²) in [5.41, 5.74) is 1.99. The maximum atomic E-state index is 12.0. The van der Waals surface area contributed by atoms with Crippen molar-refractivity contribution < 1.29 is 9.53 Å². The molecule has 3 atom stereocenters. The Balaban J connectivity index is 1.19. The molecule has 5 heteroatoms. The molecule has 2 fully saturated rings. The third-order valence-electron chi connectivity index (χ3n) is 5.87. The van der Waals surface area contributed by atoms with Crippen molar-refractivity contribution in [3.8, 4) is 5.75 Å². The molecule has 1 aromatic carbocycles. The molecule has 1 aliphatic carbocycles. The molecule has 4 rings (SSSR count). The highest BCUT2D eigenvalue weighted by atomic mass is 16.5. The minimum absolute atomic E-state index is 0.0399. The largest absolute Gasteiger partial charge is 0.488 e. The molecule has 2 aliphatic rings. The van der Waals surface area contributed by atoms with E-state index >= 15 is 0 Å². The van der Waals surface area contributed by atoms with Gasteiger partial charge in [-0.2, -0.15) is 0 Å². The highest BCUT2D eigenvalue weighted by molar-refractivity contribution is 5.91. The summed E-state index contributed by atoms with van der Waals surface area (Å²) in [7, 11) is 0. The van der Waals surface area contributed by atoms with Crippen LogP contribution in [0.15, 0.2) is 54.9 Å². The van der Waals surface area contributed by atoms with Crippen molar-refractivity contribution in [2.75, 3.05) is 24.5 Å².